The molecule has 0 unspecified atom stereocenters. The number of hydrogen-bond acceptors (Lipinski definition) is 4. The van der Waals surface area contributed by atoms with Crippen molar-refractivity contribution in [2.75, 3.05) is 7.11 Å². The number of carbonyl (C=O) groups excluding carboxylic acids is 1. The minimum atomic E-state index is -1.05. The zero-order valence-corrected chi connectivity index (χ0v) is 21.1. The highest BCUT2D eigenvalue weighted by atomic mass is 16.5. The highest BCUT2D eigenvalue weighted by Crippen LogP contribution is 2.40. The van der Waals surface area contributed by atoms with Gasteiger partial charge in [-0.3, -0.25) is 4.79 Å². The molecule has 1 atom stereocenters. The number of hydrogen-bond donors (Lipinski definition) is 1. The van der Waals surface area contributed by atoms with E-state index in [9.17, 15) is 14.7 Å². The van der Waals surface area contributed by atoms with Crippen LogP contribution in [0.15, 0.2) is 103 Å². The highest BCUT2D eigenvalue weighted by molar-refractivity contribution is 5.91. The summed E-state index contributed by atoms with van der Waals surface area (Å²) >= 11 is 0. The highest BCUT2D eigenvalue weighted by Gasteiger charge is 2.40. The Morgan fingerprint density at radius 2 is 1.45 bits per heavy atom. The van der Waals surface area contributed by atoms with Gasteiger partial charge in [-0.1, -0.05) is 97.1 Å². The number of rotatable bonds is 8. The lowest BCUT2D eigenvalue weighted by Gasteiger charge is -2.37. The molecule has 1 amide bonds. The zero-order valence-electron chi connectivity index (χ0n) is 21.1. The van der Waals surface area contributed by atoms with Crippen LogP contribution in [0.3, 0.4) is 0 Å². The zero-order chi connectivity index (χ0) is 26.5. The van der Waals surface area contributed by atoms with Gasteiger partial charge in [0.05, 0.1) is 13.0 Å². The average molecular weight is 508 g/mol. The molecule has 192 valence electrons. The molecule has 0 bridgehead atoms. The largest absolute Gasteiger partial charge is 0.493 e. The molecule has 0 aromatic heterocycles. The van der Waals surface area contributed by atoms with Gasteiger partial charge in [-0.2, -0.15) is 0 Å². The van der Waals surface area contributed by atoms with E-state index in [1.807, 2.05) is 103 Å². The first-order chi connectivity index (χ1) is 18.6. The third-order valence-corrected chi connectivity index (χ3v) is 6.96. The molecule has 38 heavy (non-hydrogen) atoms. The Kier molecular flexibility index (Phi) is 7.40. The summed E-state index contributed by atoms with van der Waals surface area (Å²) in [6.45, 7) is 0.477. The lowest BCUT2D eigenvalue weighted by Crippen LogP contribution is -2.50. The molecule has 5 rings (SSSR count). The average Bonchev–Trinajstić information content (AvgIpc) is 2.96. The molecule has 0 radical (unpaired) electrons. The summed E-state index contributed by atoms with van der Waals surface area (Å²) in [7, 11) is 1.56. The molecule has 1 N–H and O–H groups in total. The maximum Gasteiger partial charge on any atom is 0.326 e. The second-order valence-corrected chi connectivity index (χ2v) is 9.29. The van der Waals surface area contributed by atoms with Gasteiger partial charge in [-0.25, -0.2) is 4.79 Å². The number of carboxylic acid groups (broad SMARTS) is 1. The maximum absolute atomic E-state index is 14.1. The fourth-order valence-corrected chi connectivity index (χ4v) is 5.05. The first-order valence-electron chi connectivity index (χ1n) is 12.6. The summed E-state index contributed by atoms with van der Waals surface area (Å²) in [4.78, 5) is 28.2. The number of carbonyl (C=O) groups is 2. The molecule has 0 spiro atoms. The molecule has 1 aliphatic heterocycles. The summed E-state index contributed by atoms with van der Waals surface area (Å²) in [5, 5.41) is 10.3. The van der Waals surface area contributed by atoms with Gasteiger partial charge in [0.2, 0.25) is 5.91 Å². The minimum absolute atomic E-state index is 0.119. The topological polar surface area (TPSA) is 76.1 Å². The van der Waals surface area contributed by atoms with E-state index >= 15 is 0 Å². The van der Waals surface area contributed by atoms with E-state index in [2.05, 4.69) is 0 Å². The van der Waals surface area contributed by atoms with Crippen molar-refractivity contribution in [1.29, 1.82) is 0 Å². The Balaban J connectivity index is 1.52. The van der Waals surface area contributed by atoms with Crippen LogP contribution in [0.25, 0.3) is 0 Å². The Bertz CT molecular complexity index is 1370. The molecular weight excluding hydrogens is 478 g/mol. The van der Waals surface area contributed by atoms with E-state index in [1.54, 1.807) is 7.11 Å². The number of benzene rings is 4. The van der Waals surface area contributed by atoms with Gasteiger partial charge in [0.1, 0.15) is 12.6 Å². The summed E-state index contributed by atoms with van der Waals surface area (Å²) < 4.78 is 11.8. The lowest BCUT2D eigenvalue weighted by molar-refractivity contribution is -0.151. The molecule has 6 heteroatoms. The third kappa shape index (κ3) is 5.11. The number of amides is 1. The van der Waals surface area contributed by atoms with Crippen LogP contribution in [0, 0.1) is 0 Å². The van der Waals surface area contributed by atoms with Crippen molar-refractivity contribution in [2.24, 2.45) is 0 Å². The Morgan fingerprint density at radius 1 is 0.868 bits per heavy atom. The van der Waals surface area contributed by atoms with Crippen LogP contribution in [-0.2, 0) is 29.2 Å². The number of ether oxygens (including phenoxy) is 2. The van der Waals surface area contributed by atoms with Crippen LogP contribution in [0.1, 0.15) is 33.7 Å². The number of fused-ring (bicyclic) bond motifs is 1. The fourth-order valence-electron chi connectivity index (χ4n) is 5.05. The van der Waals surface area contributed by atoms with Gasteiger partial charge >= 0.3 is 5.97 Å². The SMILES string of the molecule is COc1ccc2c(c1OCc1ccccc1)C[C@H](C(=O)O)N(C(=O)C(c1ccccc1)c1ccccc1)C2. The van der Waals surface area contributed by atoms with E-state index in [1.165, 1.54) is 4.90 Å². The number of aliphatic carboxylic acids is 1. The predicted molar refractivity (Wildman–Crippen MR) is 144 cm³/mol. The number of nitrogens with zero attached hydrogens (tertiary/aromatic N) is 1. The van der Waals surface area contributed by atoms with E-state index in [0.29, 0.717) is 18.1 Å². The smallest absolute Gasteiger partial charge is 0.326 e. The molecule has 4 aromatic carbocycles. The molecule has 0 saturated heterocycles. The van der Waals surface area contributed by atoms with Gasteiger partial charge < -0.3 is 19.5 Å². The van der Waals surface area contributed by atoms with Crippen LogP contribution >= 0.6 is 0 Å². The molecule has 1 aliphatic rings. The minimum Gasteiger partial charge on any atom is -0.493 e. The molecule has 6 nitrogen and oxygen atoms in total. The lowest BCUT2D eigenvalue weighted by atomic mass is 9.87. The summed E-state index contributed by atoms with van der Waals surface area (Å²) in [6.07, 6.45) is 0.119. The standard InChI is InChI=1S/C32H29NO5/c1-37-28-18-17-25-20-33(31(34)29(23-13-7-3-8-14-23)24-15-9-4-10-16-24)27(32(35)36)19-26(25)30(28)38-21-22-11-5-2-6-12-22/h2-18,27,29H,19-21H2,1H3,(H,35,36)/t27-/m1/s1. The van der Waals surface area contributed by atoms with Gasteiger partial charge in [-0.15, -0.1) is 0 Å². The molecular formula is C32H29NO5. The van der Waals surface area contributed by atoms with Gasteiger partial charge in [-0.05, 0) is 28.3 Å². The van der Waals surface area contributed by atoms with Crippen LogP contribution < -0.4 is 9.47 Å². The molecule has 0 fully saturated rings. The van der Waals surface area contributed by atoms with Crippen molar-refractivity contribution in [3.63, 3.8) is 0 Å². The predicted octanol–water partition coefficient (Wildman–Crippen LogP) is 5.44. The van der Waals surface area contributed by atoms with Crippen LogP contribution in [-0.4, -0.2) is 35.0 Å². The van der Waals surface area contributed by atoms with Crippen molar-refractivity contribution in [1.82, 2.24) is 4.90 Å². The Labute approximate surface area is 222 Å². The van der Waals surface area contributed by atoms with Gasteiger partial charge in [0.15, 0.2) is 11.5 Å². The molecule has 0 aliphatic carbocycles. The van der Waals surface area contributed by atoms with Crippen molar-refractivity contribution in [2.45, 2.75) is 31.5 Å². The Morgan fingerprint density at radius 3 is 2.00 bits per heavy atom. The van der Waals surface area contributed by atoms with E-state index in [4.69, 9.17) is 9.47 Å². The van der Waals surface area contributed by atoms with Gasteiger partial charge in [0, 0.05) is 18.5 Å². The first kappa shape index (κ1) is 25.1. The van der Waals surface area contributed by atoms with Crippen LogP contribution in [0.4, 0.5) is 0 Å². The molecule has 0 saturated carbocycles. The van der Waals surface area contributed by atoms with Crippen molar-refractivity contribution < 1.29 is 24.2 Å². The quantitative estimate of drug-likeness (QED) is 0.344. The van der Waals surface area contributed by atoms with Gasteiger partial charge in [0.25, 0.3) is 0 Å². The van der Waals surface area contributed by atoms with Crippen LogP contribution in [0.2, 0.25) is 0 Å². The van der Waals surface area contributed by atoms with E-state index in [0.717, 1.165) is 27.8 Å². The summed E-state index contributed by atoms with van der Waals surface area (Å²) in [6, 6.07) is 31.4. The van der Waals surface area contributed by atoms with E-state index in [-0.39, 0.29) is 18.9 Å². The molecule has 4 aromatic rings. The van der Waals surface area contributed by atoms with Crippen molar-refractivity contribution >= 4 is 11.9 Å². The monoisotopic (exact) mass is 507 g/mol. The number of methoxy groups -OCH3 is 1. The molecule has 1 heterocycles. The van der Waals surface area contributed by atoms with Crippen molar-refractivity contribution in [3.8, 4) is 11.5 Å². The summed E-state index contributed by atoms with van der Waals surface area (Å²) in [5.74, 6) is -0.860. The second kappa shape index (κ2) is 11.2. The first-order valence-corrected chi connectivity index (χ1v) is 12.6. The number of carboxylic acids is 1. The van der Waals surface area contributed by atoms with Crippen LogP contribution in [0.5, 0.6) is 11.5 Å². The second-order valence-electron chi connectivity index (χ2n) is 9.29. The third-order valence-electron chi connectivity index (χ3n) is 6.96. The van der Waals surface area contributed by atoms with Crippen molar-refractivity contribution in [3.05, 3.63) is 131 Å². The Hall–Kier alpha value is -4.58. The normalized spacial score (nSPS) is 14.6. The van der Waals surface area contributed by atoms with E-state index < -0.39 is 17.9 Å². The summed E-state index contributed by atoms with van der Waals surface area (Å²) in [5.41, 5.74) is 4.23. The fraction of sp³-hybridized carbons (Fsp3) is 0.188. The maximum atomic E-state index is 14.1.